The molecule has 0 radical (unpaired) electrons. The standard InChI is InChI=1S/C13H18N2O3/c1-9(6-7-12(16)17)15-11-5-3-4-10(8-11)13(18)14-2/h3-5,8-9,15H,6-7H2,1-2H3,(H,14,18)(H,16,17). The number of hydrogen-bond donors (Lipinski definition) is 3. The first-order valence-corrected chi connectivity index (χ1v) is 5.83. The molecule has 1 aromatic rings. The summed E-state index contributed by atoms with van der Waals surface area (Å²) in [6.45, 7) is 1.91. The molecule has 0 bridgehead atoms. The highest BCUT2D eigenvalue weighted by Gasteiger charge is 2.07. The van der Waals surface area contributed by atoms with Crippen molar-refractivity contribution in [2.75, 3.05) is 12.4 Å². The Morgan fingerprint density at radius 1 is 1.39 bits per heavy atom. The lowest BCUT2D eigenvalue weighted by Gasteiger charge is -2.14. The van der Waals surface area contributed by atoms with Crippen molar-refractivity contribution in [2.24, 2.45) is 0 Å². The molecule has 0 aliphatic rings. The number of carbonyl (C=O) groups is 2. The van der Waals surface area contributed by atoms with E-state index in [1.54, 1.807) is 25.2 Å². The average Bonchev–Trinajstić information content (AvgIpc) is 2.35. The Bertz CT molecular complexity index is 432. The molecule has 0 aliphatic carbocycles. The molecule has 0 fully saturated rings. The predicted molar refractivity (Wildman–Crippen MR) is 69.8 cm³/mol. The van der Waals surface area contributed by atoms with Crippen molar-refractivity contribution in [2.45, 2.75) is 25.8 Å². The lowest BCUT2D eigenvalue weighted by molar-refractivity contribution is -0.137. The second-order valence-corrected chi connectivity index (χ2v) is 4.14. The summed E-state index contributed by atoms with van der Waals surface area (Å²) in [4.78, 5) is 21.9. The molecule has 3 N–H and O–H groups in total. The van der Waals surface area contributed by atoms with E-state index in [9.17, 15) is 9.59 Å². The fourth-order valence-electron chi connectivity index (χ4n) is 1.59. The second-order valence-electron chi connectivity index (χ2n) is 4.14. The highest BCUT2D eigenvalue weighted by Crippen LogP contribution is 2.13. The Morgan fingerprint density at radius 3 is 2.72 bits per heavy atom. The lowest BCUT2D eigenvalue weighted by Crippen LogP contribution is -2.19. The fraction of sp³-hybridized carbons (Fsp3) is 0.385. The Morgan fingerprint density at radius 2 is 2.11 bits per heavy atom. The van der Waals surface area contributed by atoms with E-state index in [0.29, 0.717) is 12.0 Å². The molecule has 18 heavy (non-hydrogen) atoms. The van der Waals surface area contributed by atoms with E-state index in [2.05, 4.69) is 10.6 Å². The maximum absolute atomic E-state index is 11.4. The van der Waals surface area contributed by atoms with Crippen LogP contribution in [0.1, 0.15) is 30.1 Å². The van der Waals surface area contributed by atoms with Gasteiger partial charge in [-0.2, -0.15) is 0 Å². The molecular formula is C13H18N2O3. The quantitative estimate of drug-likeness (QED) is 0.718. The van der Waals surface area contributed by atoms with Crippen molar-refractivity contribution in [1.29, 1.82) is 0 Å². The van der Waals surface area contributed by atoms with Crippen molar-refractivity contribution in [3.05, 3.63) is 29.8 Å². The number of carboxylic acid groups (broad SMARTS) is 1. The van der Waals surface area contributed by atoms with Crippen LogP contribution in [0.3, 0.4) is 0 Å². The Labute approximate surface area is 106 Å². The summed E-state index contributed by atoms with van der Waals surface area (Å²) < 4.78 is 0. The zero-order valence-corrected chi connectivity index (χ0v) is 10.6. The van der Waals surface area contributed by atoms with Crippen molar-refractivity contribution >= 4 is 17.6 Å². The van der Waals surface area contributed by atoms with Crippen molar-refractivity contribution in [3.8, 4) is 0 Å². The maximum Gasteiger partial charge on any atom is 0.303 e. The van der Waals surface area contributed by atoms with Crippen LogP contribution in [0.15, 0.2) is 24.3 Å². The van der Waals surface area contributed by atoms with E-state index in [4.69, 9.17) is 5.11 Å². The van der Waals surface area contributed by atoms with Gasteiger partial charge in [0.05, 0.1) is 0 Å². The third-order valence-corrected chi connectivity index (χ3v) is 2.56. The molecule has 0 spiro atoms. The molecule has 1 atom stereocenters. The van der Waals surface area contributed by atoms with Gasteiger partial charge in [-0.15, -0.1) is 0 Å². The highest BCUT2D eigenvalue weighted by atomic mass is 16.4. The molecule has 0 saturated carbocycles. The van der Waals surface area contributed by atoms with Crippen LogP contribution in [-0.4, -0.2) is 30.1 Å². The van der Waals surface area contributed by atoms with E-state index in [1.165, 1.54) is 0 Å². The monoisotopic (exact) mass is 250 g/mol. The van der Waals surface area contributed by atoms with E-state index in [0.717, 1.165) is 5.69 Å². The van der Waals surface area contributed by atoms with Gasteiger partial charge in [-0.3, -0.25) is 9.59 Å². The minimum absolute atomic E-state index is 0.0426. The largest absolute Gasteiger partial charge is 0.481 e. The number of nitrogens with one attached hydrogen (secondary N) is 2. The first-order valence-electron chi connectivity index (χ1n) is 5.83. The first kappa shape index (κ1) is 14.0. The van der Waals surface area contributed by atoms with Gasteiger partial charge in [0.15, 0.2) is 0 Å². The number of anilines is 1. The van der Waals surface area contributed by atoms with Crippen LogP contribution in [-0.2, 0) is 4.79 Å². The van der Waals surface area contributed by atoms with E-state index < -0.39 is 5.97 Å². The van der Waals surface area contributed by atoms with Gasteiger partial charge in [-0.25, -0.2) is 0 Å². The van der Waals surface area contributed by atoms with Gasteiger partial charge in [0, 0.05) is 30.8 Å². The topological polar surface area (TPSA) is 78.4 Å². The molecule has 0 saturated heterocycles. The van der Waals surface area contributed by atoms with Gasteiger partial charge in [-0.1, -0.05) is 6.07 Å². The van der Waals surface area contributed by atoms with E-state index in [-0.39, 0.29) is 18.4 Å². The summed E-state index contributed by atoms with van der Waals surface area (Å²) in [7, 11) is 1.58. The Hall–Kier alpha value is -2.04. The summed E-state index contributed by atoms with van der Waals surface area (Å²) in [6, 6.07) is 7.16. The molecule has 5 heteroatoms. The molecule has 0 aliphatic heterocycles. The molecular weight excluding hydrogens is 232 g/mol. The van der Waals surface area contributed by atoms with Crippen LogP contribution < -0.4 is 10.6 Å². The van der Waals surface area contributed by atoms with Crippen LogP contribution in [0, 0.1) is 0 Å². The molecule has 1 unspecified atom stereocenters. The van der Waals surface area contributed by atoms with E-state index in [1.807, 2.05) is 13.0 Å². The summed E-state index contributed by atoms with van der Waals surface area (Å²) in [6.07, 6.45) is 0.669. The fourth-order valence-corrected chi connectivity index (χ4v) is 1.59. The average molecular weight is 250 g/mol. The minimum Gasteiger partial charge on any atom is -0.481 e. The summed E-state index contributed by atoms with van der Waals surface area (Å²) in [5.41, 5.74) is 1.39. The zero-order chi connectivity index (χ0) is 13.5. The number of carboxylic acids is 1. The van der Waals surface area contributed by atoms with Crippen LogP contribution >= 0.6 is 0 Å². The third kappa shape index (κ3) is 4.45. The third-order valence-electron chi connectivity index (χ3n) is 2.56. The summed E-state index contributed by atoms with van der Waals surface area (Å²) in [5.74, 6) is -0.945. The summed E-state index contributed by atoms with van der Waals surface area (Å²) >= 11 is 0. The van der Waals surface area contributed by atoms with Gasteiger partial charge >= 0.3 is 5.97 Å². The SMILES string of the molecule is CNC(=O)c1cccc(NC(C)CCC(=O)O)c1. The van der Waals surface area contributed by atoms with Gasteiger partial charge in [-0.05, 0) is 31.5 Å². The van der Waals surface area contributed by atoms with Crippen molar-refractivity contribution < 1.29 is 14.7 Å². The molecule has 98 valence electrons. The zero-order valence-electron chi connectivity index (χ0n) is 10.6. The highest BCUT2D eigenvalue weighted by molar-refractivity contribution is 5.94. The Kier molecular flexibility index (Phi) is 5.17. The van der Waals surface area contributed by atoms with Crippen molar-refractivity contribution in [3.63, 3.8) is 0 Å². The smallest absolute Gasteiger partial charge is 0.303 e. The van der Waals surface area contributed by atoms with Gasteiger partial charge in [0.1, 0.15) is 0 Å². The van der Waals surface area contributed by atoms with Gasteiger partial charge < -0.3 is 15.7 Å². The van der Waals surface area contributed by atoms with Crippen LogP contribution in [0.2, 0.25) is 0 Å². The number of aliphatic carboxylic acids is 1. The van der Waals surface area contributed by atoms with Crippen LogP contribution in [0.5, 0.6) is 0 Å². The second kappa shape index (κ2) is 6.64. The normalized spacial score (nSPS) is 11.7. The molecule has 1 rings (SSSR count). The predicted octanol–water partition coefficient (Wildman–Crippen LogP) is 1.71. The lowest BCUT2D eigenvalue weighted by atomic mass is 10.1. The summed E-state index contributed by atoms with van der Waals surface area (Å²) in [5, 5.41) is 14.3. The minimum atomic E-state index is -0.803. The molecule has 1 amide bonds. The first-order chi connectivity index (χ1) is 8.52. The van der Waals surface area contributed by atoms with Gasteiger partial charge in [0.2, 0.25) is 0 Å². The molecule has 0 heterocycles. The molecule has 0 aromatic heterocycles. The van der Waals surface area contributed by atoms with E-state index >= 15 is 0 Å². The number of carbonyl (C=O) groups excluding carboxylic acids is 1. The van der Waals surface area contributed by atoms with Crippen LogP contribution in [0.25, 0.3) is 0 Å². The number of amides is 1. The number of hydrogen-bond acceptors (Lipinski definition) is 3. The number of rotatable bonds is 6. The molecule has 1 aromatic carbocycles. The van der Waals surface area contributed by atoms with Crippen LogP contribution in [0.4, 0.5) is 5.69 Å². The molecule has 5 nitrogen and oxygen atoms in total. The van der Waals surface area contributed by atoms with Crippen molar-refractivity contribution in [1.82, 2.24) is 5.32 Å². The van der Waals surface area contributed by atoms with Gasteiger partial charge in [0.25, 0.3) is 5.91 Å². The Balaban J connectivity index is 2.61. The number of benzene rings is 1. The maximum atomic E-state index is 11.4.